The van der Waals surface area contributed by atoms with E-state index < -0.39 is 9.05 Å². The molecule has 1 fully saturated rings. The van der Waals surface area contributed by atoms with Gasteiger partial charge in [0.2, 0.25) is 0 Å². The summed E-state index contributed by atoms with van der Waals surface area (Å²) in [6.45, 7) is 3.69. The van der Waals surface area contributed by atoms with E-state index in [0.29, 0.717) is 19.8 Å². The summed E-state index contributed by atoms with van der Waals surface area (Å²) in [4.78, 5) is 0.00510. The standard InChI is InChI=1S/C11H13ClO4S/c1-11(6-15-7-11)8-16-9-4-2-3-5-10(9)17(12,13)14/h2-5H,6-8H2,1H3. The van der Waals surface area contributed by atoms with Crippen LogP contribution in [0.15, 0.2) is 29.2 Å². The molecule has 1 heterocycles. The molecule has 4 nitrogen and oxygen atoms in total. The molecule has 1 aromatic rings. The summed E-state index contributed by atoms with van der Waals surface area (Å²) >= 11 is 0. The van der Waals surface area contributed by atoms with Crippen molar-refractivity contribution in [2.24, 2.45) is 5.41 Å². The van der Waals surface area contributed by atoms with Gasteiger partial charge >= 0.3 is 0 Å². The Labute approximate surface area is 105 Å². The van der Waals surface area contributed by atoms with Gasteiger partial charge in [-0.25, -0.2) is 8.42 Å². The molecular weight excluding hydrogens is 264 g/mol. The molecule has 0 atom stereocenters. The maximum atomic E-state index is 11.3. The molecule has 1 aromatic carbocycles. The fourth-order valence-electron chi connectivity index (χ4n) is 1.56. The zero-order chi connectivity index (χ0) is 12.5. The van der Waals surface area contributed by atoms with Gasteiger partial charge in [-0.05, 0) is 12.1 Å². The normalized spacial score (nSPS) is 18.5. The number of benzene rings is 1. The van der Waals surface area contributed by atoms with Crippen LogP contribution in [0, 0.1) is 5.41 Å². The molecule has 0 amide bonds. The lowest BCUT2D eigenvalue weighted by Crippen LogP contribution is -2.44. The maximum Gasteiger partial charge on any atom is 0.264 e. The van der Waals surface area contributed by atoms with Gasteiger partial charge in [-0.1, -0.05) is 19.1 Å². The van der Waals surface area contributed by atoms with Crippen LogP contribution in [0.25, 0.3) is 0 Å². The van der Waals surface area contributed by atoms with Crippen molar-refractivity contribution in [2.75, 3.05) is 19.8 Å². The van der Waals surface area contributed by atoms with Crippen LogP contribution < -0.4 is 4.74 Å². The second-order valence-corrected chi connectivity index (χ2v) is 7.01. The lowest BCUT2D eigenvalue weighted by molar-refractivity contribution is -0.120. The lowest BCUT2D eigenvalue weighted by Gasteiger charge is -2.37. The average Bonchev–Trinajstić information content (AvgIpc) is 2.23. The van der Waals surface area contributed by atoms with Gasteiger partial charge in [-0.15, -0.1) is 0 Å². The molecule has 1 aliphatic heterocycles. The molecule has 0 spiro atoms. The maximum absolute atomic E-state index is 11.3. The highest BCUT2D eigenvalue weighted by molar-refractivity contribution is 8.13. The highest BCUT2D eigenvalue weighted by Crippen LogP contribution is 2.31. The van der Waals surface area contributed by atoms with Gasteiger partial charge in [0.1, 0.15) is 10.6 Å². The lowest BCUT2D eigenvalue weighted by atomic mass is 9.90. The molecule has 0 saturated carbocycles. The van der Waals surface area contributed by atoms with Crippen LogP contribution in [0.2, 0.25) is 0 Å². The van der Waals surface area contributed by atoms with Gasteiger partial charge in [0.15, 0.2) is 0 Å². The second-order valence-electron chi connectivity index (χ2n) is 4.48. The van der Waals surface area contributed by atoms with Crippen molar-refractivity contribution >= 4 is 19.7 Å². The molecule has 0 N–H and O–H groups in total. The first-order valence-electron chi connectivity index (χ1n) is 5.15. The zero-order valence-electron chi connectivity index (χ0n) is 9.35. The zero-order valence-corrected chi connectivity index (χ0v) is 10.9. The minimum absolute atomic E-state index is 0.00510. The summed E-state index contributed by atoms with van der Waals surface area (Å²) in [5.41, 5.74) is -0.0385. The Balaban J connectivity index is 2.16. The van der Waals surface area contributed by atoms with Crippen LogP contribution in [0.3, 0.4) is 0 Å². The molecule has 1 saturated heterocycles. The molecule has 2 rings (SSSR count). The molecule has 17 heavy (non-hydrogen) atoms. The van der Waals surface area contributed by atoms with Gasteiger partial charge < -0.3 is 9.47 Å². The quantitative estimate of drug-likeness (QED) is 0.790. The minimum atomic E-state index is -3.77. The number of hydrogen-bond donors (Lipinski definition) is 0. The monoisotopic (exact) mass is 276 g/mol. The van der Waals surface area contributed by atoms with E-state index in [9.17, 15) is 8.42 Å². The minimum Gasteiger partial charge on any atom is -0.491 e. The third kappa shape index (κ3) is 2.91. The van der Waals surface area contributed by atoms with E-state index in [-0.39, 0.29) is 16.1 Å². The Hall–Kier alpha value is -0.780. The average molecular weight is 277 g/mol. The summed E-state index contributed by atoms with van der Waals surface area (Å²) in [6.07, 6.45) is 0. The first kappa shape index (κ1) is 12.7. The molecular formula is C11H13ClO4S. The van der Waals surface area contributed by atoms with E-state index >= 15 is 0 Å². The predicted octanol–water partition coefficient (Wildman–Crippen LogP) is 2.03. The molecule has 94 valence electrons. The number of para-hydroxylation sites is 1. The summed E-state index contributed by atoms with van der Waals surface area (Å²) in [6, 6.07) is 6.34. The molecule has 0 radical (unpaired) electrons. The van der Waals surface area contributed by atoms with Crippen LogP contribution in [0.5, 0.6) is 5.75 Å². The van der Waals surface area contributed by atoms with E-state index in [1.54, 1.807) is 18.2 Å². The largest absolute Gasteiger partial charge is 0.491 e. The summed E-state index contributed by atoms with van der Waals surface area (Å²) in [5, 5.41) is 0. The highest BCUT2D eigenvalue weighted by atomic mass is 35.7. The number of rotatable bonds is 4. The third-order valence-corrected chi connectivity index (χ3v) is 3.95. The number of hydrogen-bond acceptors (Lipinski definition) is 4. The van der Waals surface area contributed by atoms with E-state index in [4.69, 9.17) is 20.2 Å². The van der Waals surface area contributed by atoms with E-state index in [0.717, 1.165) is 0 Å². The van der Waals surface area contributed by atoms with Crippen molar-refractivity contribution in [2.45, 2.75) is 11.8 Å². The van der Waals surface area contributed by atoms with E-state index in [1.807, 2.05) is 6.92 Å². The van der Waals surface area contributed by atoms with Gasteiger partial charge in [0, 0.05) is 16.1 Å². The molecule has 0 bridgehead atoms. The summed E-state index contributed by atoms with van der Waals surface area (Å²) in [7, 11) is 1.56. The predicted molar refractivity (Wildman–Crippen MR) is 63.9 cm³/mol. The number of ether oxygens (including phenoxy) is 2. The SMILES string of the molecule is CC1(COc2ccccc2S(=O)(=O)Cl)COC1. The summed E-state index contributed by atoms with van der Waals surface area (Å²) in [5.74, 6) is 0.288. The molecule has 0 unspecified atom stereocenters. The van der Waals surface area contributed by atoms with Gasteiger partial charge in [-0.2, -0.15) is 0 Å². The van der Waals surface area contributed by atoms with Crippen molar-refractivity contribution in [1.29, 1.82) is 0 Å². The van der Waals surface area contributed by atoms with Crippen LogP contribution in [0.1, 0.15) is 6.92 Å². The fraction of sp³-hybridized carbons (Fsp3) is 0.455. The van der Waals surface area contributed by atoms with Crippen molar-refractivity contribution in [1.82, 2.24) is 0 Å². The van der Waals surface area contributed by atoms with Crippen LogP contribution in [-0.4, -0.2) is 28.2 Å². The number of halogens is 1. The summed E-state index contributed by atoms with van der Waals surface area (Å²) < 4.78 is 33.3. The Morgan fingerprint density at radius 3 is 2.59 bits per heavy atom. The Bertz CT molecular complexity index is 508. The molecule has 6 heteroatoms. The first-order chi connectivity index (χ1) is 7.91. The van der Waals surface area contributed by atoms with Crippen molar-refractivity contribution < 1.29 is 17.9 Å². The fourth-order valence-corrected chi connectivity index (χ4v) is 2.55. The topological polar surface area (TPSA) is 52.6 Å². The van der Waals surface area contributed by atoms with E-state index in [2.05, 4.69) is 0 Å². The van der Waals surface area contributed by atoms with Crippen molar-refractivity contribution in [3.63, 3.8) is 0 Å². The Morgan fingerprint density at radius 1 is 1.41 bits per heavy atom. The molecule has 0 aliphatic carbocycles. The van der Waals surface area contributed by atoms with Gasteiger partial charge in [0.25, 0.3) is 9.05 Å². The first-order valence-corrected chi connectivity index (χ1v) is 7.46. The van der Waals surface area contributed by atoms with Gasteiger partial charge in [0.05, 0.1) is 19.8 Å². The van der Waals surface area contributed by atoms with Gasteiger partial charge in [-0.3, -0.25) is 0 Å². The smallest absolute Gasteiger partial charge is 0.264 e. The molecule has 0 aromatic heterocycles. The second kappa shape index (κ2) is 4.48. The highest BCUT2D eigenvalue weighted by Gasteiger charge is 2.34. The van der Waals surface area contributed by atoms with Crippen molar-refractivity contribution in [3.8, 4) is 5.75 Å². The molecule has 1 aliphatic rings. The van der Waals surface area contributed by atoms with Crippen LogP contribution in [-0.2, 0) is 13.8 Å². The Kier molecular flexibility index (Phi) is 3.34. The van der Waals surface area contributed by atoms with Crippen LogP contribution in [0.4, 0.5) is 0 Å². The third-order valence-electron chi connectivity index (χ3n) is 2.59. The van der Waals surface area contributed by atoms with E-state index in [1.165, 1.54) is 6.07 Å². The Morgan fingerprint density at radius 2 is 2.06 bits per heavy atom. The van der Waals surface area contributed by atoms with Crippen molar-refractivity contribution in [3.05, 3.63) is 24.3 Å². The van der Waals surface area contributed by atoms with Crippen LogP contribution >= 0.6 is 10.7 Å².